The lowest BCUT2D eigenvalue weighted by Gasteiger charge is -2.35. The lowest BCUT2D eigenvalue weighted by Crippen LogP contribution is -2.47. The van der Waals surface area contributed by atoms with E-state index in [1.54, 1.807) is 11.0 Å². The van der Waals surface area contributed by atoms with Crippen molar-refractivity contribution in [3.05, 3.63) is 35.7 Å². The molecular formula is C23H27N7O5. The largest absolute Gasteiger partial charge is 0.480 e. The van der Waals surface area contributed by atoms with Gasteiger partial charge in [-0.05, 0) is 44.1 Å². The molecule has 0 bridgehead atoms. The van der Waals surface area contributed by atoms with E-state index in [0.717, 1.165) is 31.6 Å². The van der Waals surface area contributed by atoms with Crippen LogP contribution >= 0.6 is 0 Å². The first kappa shape index (κ1) is 23.0. The van der Waals surface area contributed by atoms with Crippen LogP contribution in [0.4, 0.5) is 11.5 Å². The molecule has 1 fully saturated rings. The van der Waals surface area contributed by atoms with Gasteiger partial charge < -0.3 is 35.6 Å². The van der Waals surface area contributed by atoms with E-state index in [4.69, 9.17) is 15.2 Å². The molecule has 0 radical (unpaired) electrons. The topological polar surface area (TPSA) is 152 Å². The lowest BCUT2D eigenvalue weighted by molar-refractivity contribution is -0.121. The highest BCUT2D eigenvalue weighted by Crippen LogP contribution is 2.30. The summed E-state index contributed by atoms with van der Waals surface area (Å²) in [6.07, 6.45) is 3.29. The Morgan fingerprint density at radius 1 is 1.17 bits per heavy atom. The van der Waals surface area contributed by atoms with Crippen LogP contribution < -0.4 is 30.7 Å². The zero-order valence-corrected chi connectivity index (χ0v) is 19.2. The minimum Gasteiger partial charge on any atom is -0.480 e. The molecule has 0 spiro atoms. The van der Waals surface area contributed by atoms with Crippen LogP contribution in [0.1, 0.15) is 28.9 Å². The van der Waals surface area contributed by atoms with Gasteiger partial charge in [0.05, 0.1) is 11.3 Å². The molecule has 12 heteroatoms. The van der Waals surface area contributed by atoms with Gasteiger partial charge in [0.25, 0.3) is 11.8 Å². The molecule has 0 aliphatic carbocycles. The van der Waals surface area contributed by atoms with Crippen molar-refractivity contribution in [1.82, 2.24) is 20.2 Å². The Balaban J connectivity index is 1.11. The van der Waals surface area contributed by atoms with E-state index in [9.17, 15) is 14.4 Å². The predicted molar refractivity (Wildman–Crippen MR) is 125 cm³/mol. The summed E-state index contributed by atoms with van der Waals surface area (Å²) < 4.78 is 10.7. The summed E-state index contributed by atoms with van der Waals surface area (Å²) in [6.45, 7) is 3.50. The summed E-state index contributed by atoms with van der Waals surface area (Å²) in [7, 11) is 0. The number of anilines is 2. The zero-order valence-electron chi connectivity index (χ0n) is 19.2. The molecule has 3 aliphatic rings. The molecule has 5 heterocycles. The van der Waals surface area contributed by atoms with Crippen molar-refractivity contribution in [2.75, 3.05) is 49.6 Å². The molecule has 4 N–H and O–H groups in total. The number of piperidine rings is 1. The van der Waals surface area contributed by atoms with E-state index in [2.05, 4.69) is 25.5 Å². The minimum absolute atomic E-state index is 0.0162. The van der Waals surface area contributed by atoms with E-state index in [-0.39, 0.29) is 30.6 Å². The monoisotopic (exact) mass is 481 g/mol. The number of nitrogens with zero attached hydrogens (tertiary/aromatic N) is 4. The lowest BCUT2D eigenvalue weighted by atomic mass is 10.0. The average Bonchev–Trinajstić information content (AvgIpc) is 2.87. The highest BCUT2D eigenvalue weighted by atomic mass is 16.5. The Bertz CT molecular complexity index is 1150. The van der Waals surface area contributed by atoms with Crippen LogP contribution in [-0.2, 0) is 16.1 Å². The Morgan fingerprint density at radius 2 is 2.00 bits per heavy atom. The number of primary amides is 1. The van der Waals surface area contributed by atoms with Crippen LogP contribution in [0.25, 0.3) is 0 Å². The fourth-order valence-electron chi connectivity index (χ4n) is 4.42. The second-order valence-electron chi connectivity index (χ2n) is 8.73. The quantitative estimate of drug-likeness (QED) is 0.492. The second kappa shape index (κ2) is 9.84. The highest BCUT2D eigenvalue weighted by molar-refractivity contribution is 6.00. The molecular weight excluding hydrogens is 454 g/mol. The maximum absolute atomic E-state index is 12.5. The van der Waals surface area contributed by atoms with Crippen molar-refractivity contribution in [3.63, 3.8) is 0 Å². The molecule has 5 rings (SSSR count). The second-order valence-corrected chi connectivity index (χ2v) is 8.73. The molecule has 0 unspecified atom stereocenters. The van der Waals surface area contributed by atoms with Crippen molar-refractivity contribution in [1.29, 1.82) is 0 Å². The third kappa shape index (κ3) is 5.17. The van der Waals surface area contributed by atoms with E-state index in [1.165, 1.54) is 6.20 Å². The number of pyridine rings is 2. The molecule has 3 amide bonds. The summed E-state index contributed by atoms with van der Waals surface area (Å²) in [4.78, 5) is 48.1. The molecule has 2 aromatic heterocycles. The molecule has 35 heavy (non-hydrogen) atoms. The zero-order chi connectivity index (χ0) is 24.4. The van der Waals surface area contributed by atoms with Crippen molar-refractivity contribution in [3.8, 4) is 11.6 Å². The minimum atomic E-state index is -0.600. The third-order valence-corrected chi connectivity index (χ3v) is 6.37. The molecule has 0 saturated carbocycles. The highest BCUT2D eigenvalue weighted by Gasteiger charge is 2.28. The summed E-state index contributed by atoms with van der Waals surface area (Å²) >= 11 is 0. The number of rotatable bonds is 7. The molecule has 2 aromatic rings. The summed E-state index contributed by atoms with van der Waals surface area (Å²) in [5.41, 5.74) is 6.92. The number of hydrogen-bond acceptors (Lipinski definition) is 9. The number of carbonyl (C=O) groups excluding carboxylic acids is 3. The molecule has 3 aliphatic heterocycles. The number of nitrogens with two attached hydrogens (primary N) is 1. The summed E-state index contributed by atoms with van der Waals surface area (Å²) in [6, 6.07) is 5.63. The Kier molecular flexibility index (Phi) is 6.47. The molecule has 184 valence electrons. The maximum atomic E-state index is 12.5. The molecule has 0 aromatic carbocycles. The van der Waals surface area contributed by atoms with E-state index >= 15 is 0 Å². The van der Waals surface area contributed by atoms with Crippen molar-refractivity contribution >= 4 is 29.2 Å². The van der Waals surface area contributed by atoms with E-state index in [0.29, 0.717) is 48.8 Å². The number of hydrogen-bond donors (Lipinski definition) is 3. The normalized spacial score (nSPS) is 18.2. The smallest absolute Gasteiger partial charge is 0.265 e. The van der Waals surface area contributed by atoms with Gasteiger partial charge in [-0.2, -0.15) is 0 Å². The number of fused-ring (bicyclic) bond motifs is 2. The van der Waals surface area contributed by atoms with Crippen molar-refractivity contribution in [2.24, 2.45) is 5.73 Å². The van der Waals surface area contributed by atoms with Crippen LogP contribution in [0.3, 0.4) is 0 Å². The fraction of sp³-hybridized carbons (Fsp3) is 0.435. The Hall–Kier alpha value is -3.77. The van der Waals surface area contributed by atoms with Gasteiger partial charge in [-0.25, -0.2) is 9.97 Å². The number of aromatic nitrogens is 2. The van der Waals surface area contributed by atoms with E-state index in [1.807, 2.05) is 12.1 Å². The number of amides is 3. The van der Waals surface area contributed by atoms with Crippen LogP contribution in [0, 0.1) is 0 Å². The fourth-order valence-corrected chi connectivity index (χ4v) is 4.42. The first-order valence-corrected chi connectivity index (χ1v) is 11.6. The number of carbonyl (C=O) groups is 3. The summed E-state index contributed by atoms with van der Waals surface area (Å²) in [5, 5.41) is 6.27. The van der Waals surface area contributed by atoms with Crippen LogP contribution in [-0.4, -0.2) is 78.0 Å². The average molecular weight is 482 g/mol. The van der Waals surface area contributed by atoms with E-state index < -0.39 is 5.91 Å². The molecule has 0 atom stereocenters. The first-order chi connectivity index (χ1) is 17.0. The van der Waals surface area contributed by atoms with Crippen LogP contribution in [0.15, 0.2) is 24.4 Å². The van der Waals surface area contributed by atoms with Gasteiger partial charge >= 0.3 is 0 Å². The number of likely N-dealkylation sites (tertiary alicyclic amines) is 1. The van der Waals surface area contributed by atoms with Gasteiger partial charge in [0.1, 0.15) is 5.69 Å². The summed E-state index contributed by atoms with van der Waals surface area (Å²) in [5.74, 6) is 0.416. The molecule has 1 saturated heterocycles. The molecule has 12 nitrogen and oxygen atoms in total. The first-order valence-electron chi connectivity index (χ1n) is 11.6. The number of nitrogens with one attached hydrogen (secondary N) is 2. The van der Waals surface area contributed by atoms with Crippen LogP contribution in [0.5, 0.6) is 11.6 Å². The third-order valence-electron chi connectivity index (χ3n) is 6.37. The SMILES string of the molecule is NC(=O)c1cnc2c(c1)N(CCN1CCC(NCc3ccc4c(n3)NC(=O)CO4)CC1)C(=O)CO2. The van der Waals surface area contributed by atoms with Crippen LogP contribution in [0.2, 0.25) is 0 Å². The van der Waals surface area contributed by atoms with Crippen molar-refractivity contribution in [2.45, 2.75) is 25.4 Å². The Labute approximate surface area is 201 Å². The maximum Gasteiger partial charge on any atom is 0.265 e. The van der Waals surface area contributed by atoms with Gasteiger partial charge in [0.15, 0.2) is 24.8 Å². The van der Waals surface area contributed by atoms with Gasteiger partial charge in [-0.3, -0.25) is 14.4 Å². The predicted octanol–water partition coefficient (Wildman–Crippen LogP) is -0.114. The van der Waals surface area contributed by atoms with Gasteiger partial charge in [0, 0.05) is 31.9 Å². The van der Waals surface area contributed by atoms with Crippen molar-refractivity contribution < 1.29 is 23.9 Å². The standard InChI is InChI=1S/C23H27N7O5/c24-21(33)14-9-17-23(26-10-14)35-13-20(32)30(17)8-7-29-5-3-15(4-6-29)25-11-16-1-2-18-22(27-16)28-19(31)12-34-18/h1-2,9-10,15,25H,3-8,11-13H2,(H2,24,33)(H,27,28,31). The van der Waals surface area contributed by atoms with Gasteiger partial charge in [-0.1, -0.05) is 0 Å². The van der Waals surface area contributed by atoms with Gasteiger partial charge in [-0.15, -0.1) is 0 Å². The Morgan fingerprint density at radius 3 is 2.80 bits per heavy atom. The number of ether oxygens (including phenoxy) is 2. The van der Waals surface area contributed by atoms with Gasteiger partial charge in [0.2, 0.25) is 11.8 Å².